The average Bonchev–Trinajstić information content (AvgIpc) is 2.51. The molecule has 1 aromatic heterocycles. The summed E-state index contributed by atoms with van der Waals surface area (Å²) in [7, 11) is 0. The Morgan fingerprint density at radius 1 is 1.42 bits per heavy atom. The lowest BCUT2D eigenvalue weighted by atomic mass is 9.83. The second-order valence-electron chi connectivity index (χ2n) is 3.37. The molecule has 0 amide bonds. The van der Waals surface area contributed by atoms with Gasteiger partial charge in [-0.15, -0.1) is 11.3 Å². The molecule has 0 N–H and O–H groups in total. The summed E-state index contributed by atoms with van der Waals surface area (Å²) in [5, 5.41) is 2.20. The SMILES string of the molecule is CCC(C)(CC)c1sccc1I. The Morgan fingerprint density at radius 2 is 2.00 bits per heavy atom. The summed E-state index contributed by atoms with van der Waals surface area (Å²) in [5.41, 5.74) is 0.407. The molecule has 12 heavy (non-hydrogen) atoms. The highest BCUT2D eigenvalue weighted by molar-refractivity contribution is 14.1. The van der Waals surface area contributed by atoms with E-state index in [1.54, 1.807) is 4.88 Å². The van der Waals surface area contributed by atoms with Crippen molar-refractivity contribution in [3.63, 3.8) is 0 Å². The topological polar surface area (TPSA) is 0 Å². The largest absolute Gasteiger partial charge is 0.147 e. The van der Waals surface area contributed by atoms with Gasteiger partial charge in [0, 0.05) is 13.9 Å². The van der Waals surface area contributed by atoms with E-state index in [2.05, 4.69) is 54.8 Å². The van der Waals surface area contributed by atoms with Crippen LogP contribution in [0.1, 0.15) is 38.5 Å². The van der Waals surface area contributed by atoms with Gasteiger partial charge in [-0.05, 0) is 46.9 Å². The van der Waals surface area contributed by atoms with E-state index in [-0.39, 0.29) is 0 Å². The molecule has 0 aromatic carbocycles. The molecule has 1 heterocycles. The van der Waals surface area contributed by atoms with E-state index < -0.39 is 0 Å². The third-order valence-electron chi connectivity index (χ3n) is 2.73. The number of halogens is 1. The monoisotopic (exact) mass is 294 g/mol. The first kappa shape index (κ1) is 10.5. The smallest absolute Gasteiger partial charge is 0.0275 e. The third kappa shape index (κ3) is 1.84. The van der Waals surface area contributed by atoms with Crippen molar-refractivity contribution in [3.05, 3.63) is 19.9 Å². The maximum absolute atomic E-state index is 2.44. The number of hydrogen-bond donors (Lipinski definition) is 0. The van der Waals surface area contributed by atoms with Crippen molar-refractivity contribution in [2.75, 3.05) is 0 Å². The molecule has 1 rings (SSSR count). The van der Waals surface area contributed by atoms with Gasteiger partial charge >= 0.3 is 0 Å². The molecule has 0 aliphatic rings. The maximum atomic E-state index is 2.44. The molecular weight excluding hydrogens is 279 g/mol. The van der Waals surface area contributed by atoms with Crippen LogP contribution in [0, 0.1) is 3.57 Å². The van der Waals surface area contributed by atoms with E-state index in [0.717, 1.165) is 0 Å². The van der Waals surface area contributed by atoms with Crippen molar-refractivity contribution in [2.24, 2.45) is 0 Å². The second-order valence-corrected chi connectivity index (χ2v) is 5.44. The Labute approximate surface area is 92.5 Å². The van der Waals surface area contributed by atoms with Crippen LogP contribution in [0.2, 0.25) is 0 Å². The van der Waals surface area contributed by atoms with E-state index >= 15 is 0 Å². The molecule has 0 nitrogen and oxygen atoms in total. The standard InChI is InChI=1S/C10H15IS/c1-4-10(3,5-2)9-8(11)6-7-12-9/h6-7H,4-5H2,1-3H3. The molecule has 0 fully saturated rings. The van der Waals surface area contributed by atoms with Gasteiger partial charge < -0.3 is 0 Å². The molecule has 0 spiro atoms. The highest BCUT2D eigenvalue weighted by atomic mass is 127. The predicted molar refractivity (Wildman–Crippen MR) is 65.0 cm³/mol. The molecule has 0 aliphatic heterocycles. The van der Waals surface area contributed by atoms with Crippen LogP contribution < -0.4 is 0 Å². The molecule has 0 saturated carbocycles. The highest BCUT2D eigenvalue weighted by Crippen LogP contribution is 2.37. The zero-order valence-corrected chi connectivity index (χ0v) is 10.8. The van der Waals surface area contributed by atoms with Gasteiger partial charge in [-0.2, -0.15) is 0 Å². The van der Waals surface area contributed by atoms with Crippen LogP contribution in [0.5, 0.6) is 0 Å². The number of thiophene rings is 1. The lowest BCUT2D eigenvalue weighted by Gasteiger charge is -2.25. The van der Waals surface area contributed by atoms with Gasteiger partial charge in [0.1, 0.15) is 0 Å². The van der Waals surface area contributed by atoms with Crippen LogP contribution in [0.3, 0.4) is 0 Å². The Hall–Kier alpha value is 0.430. The molecule has 1 aromatic rings. The minimum Gasteiger partial charge on any atom is -0.147 e. The second kappa shape index (κ2) is 4.09. The van der Waals surface area contributed by atoms with E-state index in [1.807, 2.05) is 11.3 Å². The van der Waals surface area contributed by atoms with Gasteiger partial charge in [0.15, 0.2) is 0 Å². The Morgan fingerprint density at radius 3 is 2.33 bits per heavy atom. The van der Waals surface area contributed by atoms with Crippen LogP contribution in [0.25, 0.3) is 0 Å². The quantitative estimate of drug-likeness (QED) is 0.723. The van der Waals surface area contributed by atoms with Crippen molar-refractivity contribution in [3.8, 4) is 0 Å². The minimum absolute atomic E-state index is 0.407. The van der Waals surface area contributed by atoms with Gasteiger partial charge in [0.25, 0.3) is 0 Å². The van der Waals surface area contributed by atoms with Crippen molar-refractivity contribution < 1.29 is 0 Å². The predicted octanol–water partition coefficient (Wildman–Crippen LogP) is 4.43. The summed E-state index contributed by atoms with van der Waals surface area (Å²) < 4.78 is 1.43. The zero-order valence-electron chi connectivity index (χ0n) is 7.86. The van der Waals surface area contributed by atoms with E-state index in [1.165, 1.54) is 16.4 Å². The first-order valence-corrected chi connectivity index (χ1v) is 6.33. The third-order valence-corrected chi connectivity index (χ3v) is 5.21. The lowest BCUT2D eigenvalue weighted by molar-refractivity contribution is 0.446. The van der Waals surface area contributed by atoms with Crippen molar-refractivity contribution in [1.29, 1.82) is 0 Å². The molecule has 0 bridgehead atoms. The summed E-state index contributed by atoms with van der Waals surface area (Å²) in [6.07, 6.45) is 2.47. The van der Waals surface area contributed by atoms with E-state index in [9.17, 15) is 0 Å². The Kier molecular flexibility index (Phi) is 3.58. The Balaban J connectivity index is 3.02. The molecule has 68 valence electrons. The normalized spacial score (nSPS) is 12.0. The summed E-state index contributed by atoms with van der Waals surface area (Å²) in [4.78, 5) is 1.56. The van der Waals surface area contributed by atoms with Gasteiger partial charge in [-0.3, -0.25) is 0 Å². The first-order valence-electron chi connectivity index (χ1n) is 4.37. The van der Waals surface area contributed by atoms with Crippen LogP contribution >= 0.6 is 33.9 Å². The fraction of sp³-hybridized carbons (Fsp3) is 0.600. The fourth-order valence-electron chi connectivity index (χ4n) is 1.30. The van der Waals surface area contributed by atoms with Gasteiger partial charge in [0.2, 0.25) is 0 Å². The van der Waals surface area contributed by atoms with Gasteiger partial charge in [-0.25, -0.2) is 0 Å². The van der Waals surface area contributed by atoms with Crippen molar-refractivity contribution >= 4 is 33.9 Å². The molecule has 2 heteroatoms. The van der Waals surface area contributed by atoms with Crippen molar-refractivity contribution in [2.45, 2.75) is 39.0 Å². The van der Waals surface area contributed by atoms with Crippen LogP contribution in [0.15, 0.2) is 11.4 Å². The molecule has 0 unspecified atom stereocenters. The molecular formula is C10H15IS. The molecule has 0 radical (unpaired) electrons. The lowest BCUT2D eigenvalue weighted by Crippen LogP contribution is -2.18. The summed E-state index contributed by atoms with van der Waals surface area (Å²) in [6, 6.07) is 2.21. The number of hydrogen-bond acceptors (Lipinski definition) is 1. The van der Waals surface area contributed by atoms with Crippen molar-refractivity contribution in [1.82, 2.24) is 0 Å². The van der Waals surface area contributed by atoms with Crippen LogP contribution in [-0.4, -0.2) is 0 Å². The average molecular weight is 294 g/mol. The maximum Gasteiger partial charge on any atom is 0.0275 e. The fourth-order valence-corrected chi connectivity index (χ4v) is 3.85. The van der Waals surface area contributed by atoms with Gasteiger partial charge in [-0.1, -0.05) is 20.8 Å². The number of rotatable bonds is 3. The minimum atomic E-state index is 0.407. The molecule has 0 aliphatic carbocycles. The van der Waals surface area contributed by atoms with E-state index in [4.69, 9.17) is 0 Å². The van der Waals surface area contributed by atoms with Crippen LogP contribution in [0.4, 0.5) is 0 Å². The Bertz CT molecular complexity index is 248. The van der Waals surface area contributed by atoms with Crippen LogP contribution in [-0.2, 0) is 5.41 Å². The van der Waals surface area contributed by atoms with E-state index in [0.29, 0.717) is 5.41 Å². The first-order chi connectivity index (χ1) is 5.64. The summed E-state index contributed by atoms with van der Waals surface area (Å²) >= 11 is 4.34. The molecule has 0 saturated heterocycles. The molecule has 0 atom stereocenters. The van der Waals surface area contributed by atoms with Gasteiger partial charge in [0.05, 0.1) is 0 Å². The summed E-state index contributed by atoms with van der Waals surface area (Å²) in [6.45, 7) is 6.92. The zero-order chi connectivity index (χ0) is 9.19. The summed E-state index contributed by atoms with van der Waals surface area (Å²) in [5.74, 6) is 0. The highest BCUT2D eigenvalue weighted by Gasteiger charge is 2.25.